The standard InChI is InChI=1S/C16H25ClN2O4S/c1-11(10-22-2)23-15-8-3-12(17)9-16(15)24(20,21)19-14-6-4-13(18)5-7-14/h3,8-9,11,13-14,19H,4-7,10,18H2,1-2H3. The zero-order valence-corrected chi connectivity index (χ0v) is 15.6. The van der Waals surface area contributed by atoms with Gasteiger partial charge in [0.05, 0.1) is 6.61 Å². The fourth-order valence-electron chi connectivity index (χ4n) is 2.79. The maximum atomic E-state index is 12.8. The Labute approximate surface area is 148 Å². The molecule has 1 aromatic rings. The Morgan fingerprint density at radius 3 is 2.62 bits per heavy atom. The highest BCUT2D eigenvalue weighted by Crippen LogP contribution is 2.29. The maximum absolute atomic E-state index is 12.8. The minimum absolute atomic E-state index is 0.0489. The summed E-state index contributed by atoms with van der Waals surface area (Å²) >= 11 is 5.99. The molecule has 0 saturated heterocycles. The Morgan fingerprint density at radius 1 is 1.33 bits per heavy atom. The van der Waals surface area contributed by atoms with Crippen LogP contribution >= 0.6 is 11.6 Å². The first-order valence-electron chi connectivity index (χ1n) is 8.05. The Kier molecular flexibility index (Phi) is 6.88. The molecule has 1 aliphatic carbocycles. The fraction of sp³-hybridized carbons (Fsp3) is 0.625. The zero-order chi connectivity index (χ0) is 17.7. The summed E-state index contributed by atoms with van der Waals surface area (Å²) in [4.78, 5) is 0.0489. The molecule has 1 unspecified atom stereocenters. The van der Waals surface area contributed by atoms with Gasteiger partial charge in [0.2, 0.25) is 10.0 Å². The highest BCUT2D eigenvalue weighted by Gasteiger charge is 2.27. The van der Waals surface area contributed by atoms with Crippen molar-refractivity contribution in [1.82, 2.24) is 4.72 Å². The van der Waals surface area contributed by atoms with Gasteiger partial charge in [-0.15, -0.1) is 0 Å². The Balaban J connectivity index is 2.20. The van der Waals surface area contributed by atoms with Crippen LogP contribution in [-0.4, -0.2) is 40.3 Å². The van der Waals surface area contributed by atoms with Crippen LogP contribution in [0.2, 0.25) is 5.02 Å². The van der Waals surface area contributed by atoms with Crippen molar-refractivity contribution in [3.05, 3.63) is 23.2 Å². The van der Waals surface area contributed by atoms with Gasteiger partial charge in [-0.25, -0.2) is 13.1 Å². The van der Waals surface area contributed by atoms with E-state index >= 15 is 0 Å². The van der Waals surface area contributed by atoms with Crippen LogP contribution in [0.15, 0.2) is 23.1 Å². The molecular weight excluding hydrogens is 352 g/mol. The number of sulfonamides is 1. The van der Waals surface area contributed by atoms with Gasteiger partial charge in [-0.2, -0.15) is 0 Å². The van der Waals surface area contributed by atoms with E-state index in [1.807, 2.05) is 6.92 Å². The van der Waals surface area contributed by atoms with Gasteiger partial charge >= 0.3 is 0 Å². The highest BCUT2D eigenvalue weighted by atomic mass is 35.5. The number of nitrogens with one attached hydrogen (secondary N) is 1. The molecule has 24 heavy (non-hydrogen) atoms. The van der Waals surface area contributed by atoms with Crippen LogP contribution in [0.25, 0.3) is 0 Å². The molecule has 1 saturated carbocycles. The van der Waals surface area contributed by atoms with Gasteiger partial charge in [0.1, 0.15) is 16.7 Å². The molecule has 0 bridgehead atoms. The number of benzene rings is 1. The van der Waals surface area contributed by atoms with Gasteiger partial charge in [0, 0.05) is 24.2 Å². The van der Waals surface area contributed by atoms with Gasteiger partial charge in [-0.3, -0.25) is 0 Å². The summed E-state index contributed by atoms with van der Waals surface area (Å²) in [6, 6.07) is 4.63. The van der Waals surface area contributed by atoms with E-state index in [1.54, 1.807) is 19.2 Å². The lowest BCUT2D eigenvalue weighted by atomic mass is 9.93. The first-order chi connectivity index (χ1) is 11.3. The van der Waals surface area contributed by atoms with E-state index in [9.17, 15) is 8.42 Å². The molecule has 2 rings (SSSR count). The molecule has 0 spiro atoms. The van der Waals surface area contributed by atoms with Crippen molar-refractivity contribution in [2.24, 2.45) is 5.73 Å². The van der Waals surface area contributed by atoms with Crippen LogP contribution < -0.4 is 15.2 Å². The van der Waals surface area contributed by atoms with Gasteiger partial charge < -0.3 is 15.2 Å². The number of methoxy groups -OCH3 is 1. The number of halogens is 1. The maximum Gasteiger partial charge on any atom is 0.244 e. The third-order valence-corrected chi connectivity index (χ3v) is 5.80. The van der Waals surface area contributed by atoms with Gasteiger partial charge in [-0.05, 0) is 50.8 Å². The normalized spacial score (nSPS) is 23.0. The molecule has 1 fully saturated rings. The summed E-state index contributed by atoms with van der Waals surface area (Å²) < 4.78 is 39.1. The average Bonchev–Trinajstić information content (AvgIpc) is 2.51. The van der Waals surface area contributed by atoms with Crippen LogP contribution in [0, 0.1) is 0 Å². The molecule has 8 heteroatoms. The molecule has 1 atom stereocenters. The summed E-state index contributed by atoms with van der Waals surface area (Å²) in [7, 11) is -2.17. The zero-order valence-electron chi connectivity index (χ0n) is 14.0. The number of hydrogen-bond acceptors (Lipinski definition) is 5. The quantitative estimate of drug-likeness (QED) is 0.762. The highest BCUT2D eigenvalue weighted by molar-refractivity contribution is 7.89. The second-order valence-electron chi connectivity index (χ2n) is 6.21. The topological polar surface area (TPSA) is 90.6 Å². The smallest absolute Gasteiger partial charge is 0.244 e. The van der Waals surface area contributed by atoms with E-state index in [0.717, 1.165) is 25.7 Å². The van der Waals surface area contributed by atoms with E-state index < -0.39 is 10.0 Å². The molecule has 3 N–H and O–H groups in total. The van der Waals surface area contributed by atoms with Crippen molar-refractivity contribution in [3.63, 3.8) is 0 Å². The largest absolute Gasteiger partial charge is 0.487 e. The van der Waals surface area contributed by atoms with Crippen LogP contribution in [0.3, 0.4) is 0 Å². The lowest BCUT2D eigenvalue weighted by Crippen LogP contribution is -2.40. The number of rotatable bonds is 7. The first kappa shape index (κ1) is 19.5. The molecule has 0 radical (unpaired) electrons. The van der Waals surface area contributed by atoms with Crippen molar-refractivity contribution in [2.75, 3.05) is 13.7 Å². The second kappa shape index (κ2) is 8.49. The van der Waals surface area contributed by atoms with Crippen LogP contribution in [-0.2, 0) is 14.8 Å². The van der Waals surface area contributed by atoms with Crippen molar-refractivity contribution >= 4 is 21.6 Å². The van der Waals surface area contributed by atoms with Gasteiger partial charge in [0.25, 0.3) is 0 Å². The average molecular weight is 377 g/mol. The Hall–Kier alpha value is -0.860. The third kappa shape index (κ3) is 5.32. The fourth-order valence-corrected chi connectivity index (χ4v) is 4.50. The minimum Gasteiger partial charge on any atom is -0.487 e. The monoisotopic (exact) mass is 376 g/mol. The van der Waals surface area contributed by atoms with E-state index in [1.165, 1.54) is 6.07 Å². The first-order valence-corrected chi connectivity index (χ1v) is 9.91. The minimum atomic E-state index is -3.73. The number of ether oxygens (including phenoxy) is 2. The Bertz CT molecular complexity index is 645. The van der Waals surface area contributed by atoms with Crippen molar-refractivity contribution in [1.29, 1.82) is 0 Å². The lowest BCUT2D eigenvalue weighted by Gasteiger charge is -2.27. The summed E-state index contributed by atoms with van der Waals surface area (Å²) in [6.45, 7) is 2.17. The Morgan fingerprint density at radius 2 is 2.00 bits per heavy atom. The molecule has 6 nitrogen and oxygen atoms in total. The van der Waals surface area contributed by atoms with E-state index in [-0.39, 0.29) is 28.8 Å². The molecule has 136 valence electrons. The van der Waals surface area contributed by atoms with Crippen LogP contribution in [0.1, 0.15) is 32.6 Å². The van der Waals surface area contributed by atoms with E-state index in [0.29, 0.717) is 11.6 Å². The SMILES string of the molecule is COCC(C)Oc1ccc(Cl)cc1S(=O)(=O)NC1CCC(N)CC1. The van der Waals surface area contributed by atoms with E-state index in [4.69, 9.17) is 26.8 Å². The predicted molar refractivity (Wildman–Crippen MR) is 94.0 cm³/mol. The van der Waals surface area contributed by atoms with Crippen molar-refractivity contribution in [2.45, 2.75) is 55.7 Å². The molecule has 0 heterocycles. The number of nitrogens with two attached hydrogens (primary N) is 1. The van der Waals surface area contributed by atoms with E-state index in [2.05, 4.69) is 4.72 Å². The van der Waals surface area contributed by atoms with Gasteiger partial charge in [-0.1, -0.05) is 11.6 Å². The summed E-state index contributed by atoms with van der Waals surface area (Å²) in [5, 5.41) is 0.341. The summed E-state index contributed by atoms with van der Waals surface area (Å²) in [6.07, 6.45) is 2.82. The number of hydrogen-bond donors (Lipinski definition) is 2. The lowest BCUT2D eigenvalue weighted by molar-refractivity contribution is 0.0901. The predicted octanol–water partition coefficient (Wildman–Crippen LogP) is 2.30. The third-order valence-electron chi connectivity index (χ3n) is 4.02. The summed E-state index contributed by atoms with van der Waals surface area (Å²) in [5.74, 6) is 0.268. The van der Waals surface area contributed by atoms with Crippen LogP contribution in [0.5, 0.6) is 5.75 Å². The van der Waals surface area contributed by atoms with Crippen molar-refractivity contribution in [3.8, 4) is 5.75 Å². The molecule has 0 aliphatic heterocycles. The van der Waals surface area contributed by atoms with Gasteiger partial charge in [0.15, 0.2) is 0 Å². The molecule has 0 aromatic heterocycles. The summed E-state index contributed by atoms with van der Waals surface area (Å²) in [5.41, 5.74) is 5.87. The second-order valence-corrected chi connectivity index (χ2v) is 8.33. The molecule has 0 amide bonds. The molecule has 1 aromatic carbocycles. The molecular formula is C16H25ClN2O4S. The van der Waals surface area contributed by atoms with Crippen molar-refractivity contribution < 1.29 is 17.9 Å². The molecule has 1 aliphatic rings. The van der Waals surface area contributed by atoms with Crippen LogP contribution in [0.4, 0.5) is 0 Å².